The van der Waals surface area contributed by atoms with Gasteiger partial charge in [-0.2, -0.15) is 0 Å². The van der Waals surface area contributed by atoms with Gasteiger partial charge in [0.05, 0.1) is 36.7 Å². The van der Waals surface area contributed by atoms with E-state index in [1.807, 2.05) is 18.2 Å². The van der Waals surface area contributed by atoms with Crippen LogP contribution in [0.1, 0.15) is 57.4 Å². The summed E-state index contributed by atoms with van der Waals surface area (Å²) in [5, 5.41) is 0.901. The molecule has 1 saturated heterocycles. The molecule has 2 aliphatic carbocycles. The van der Waals surface area contributed by atoms with Crippen LogP contribution in [-0.2, 0) is 19.1 Å². The average Bonchev–Trinajstić information content (AvgIpc) is 3.65. The maximum absolute atomic E-state index is 13.9. The van der Waals surface area contributed by atoms with Crippen LogP contribution in [0, 0.1) is 35.5 Å². The molecule has 4 aliphatic rings. The Kier molecular flexibility index (Phi) is 7.25. The summed E-state index contributed by atoms with van der Waals surface area (Å²) in [5.74, 6) is -0.542. The van der Waals surface area contributed by atoms with E-state index in [-0.39, 0.29) is 51.7 Å². The summed E-state index contributed by atoms with van der Waals surface area (Å²) >= 11 is 2.85. The van der Waals surface area contributed by atoms with E-state index in [9.17, 15) is 19.2 Å². The van der Waals surface area contributed by atoms with Gasteiger partial charge in [0, 0.05) is 16.0 Å². The molecule has 2 amide bonds. The number of aromatic nitrogens is 1. The summed E-state index contributed by atoms with van der Waals surface area (Å²) in [5.41, 5.74) is 0.997. The molecule has 1 aromatic heterocycles. The van der Waals surface area contributed by atoms with Crippen molar-refractivity contribution >= 4 is 40.9 Å². The first-order valence-electron chi connectivity index (χ1n) is 14.3. The fraction of sp³-hybridized carbons (Fsp3) is 0.600. The number of imide groups is 1. The number of carbonyl (C=O) groups excluding carboxylic acids is 3. The Labute approximate surface area is 247 Å². The zero-order chi connectivity index (χ0) is 29.3. The highest BCUT2D eigenvalue weighted by molar-refractivity contribution is 8.00. The molecule has 8 atom stereocenters. The number of benzene rings is 1. The smallest absolute Gasteiger partial charge is 0.329 e. The van der Waals surface area contributed by atoms with Crippen LogP contribution in [0.25, 0.3) is 0 Å². The van der Waals surface area contributed by atoms with Crippen LogP contribution < -0.4 is 14.3 Å². The first-order valence-corrected chi connectivity index (χ1v) is 16.0. The normalized spacial score (nSPS) is 30.4. The van der Waals surface area contributed by atoms with E-state index in [1.165, 1.54) is 11.3 Å². The van der Waals surface area contributed by atoms with Crippen LogP contribution in [0.2, 0.25) is 0 Å². The molecule has 3 heterocycles. The molecule has 2 bridgehead atoms. The Morgan fingerprint density at radius 2 is 1.76 bits per heavy atom. The van der Waals surface area contributed by atoms with Crippen molar-refractivity contribution in [1.29, 1.82) is 0 Å². The highest BCUT2D eigenvalue weighted by Crippen LogP contribution is 2.68. The van der Waals surface area contributed by atoms with Crippen LogP contribution in [0.4, 0.5) is 0 Å². The molecule has 9 nitrogen and oxygen atoms in total. The lowest BCUT2D eigenvalue weighted by Crippen LogP contribution is -2.45. The number of rotatable bonds is 8. The van der Waals surface area contributed by atoms with Crippen molar-refractivity contribution in [3.63, 3.8) is 0 Å². The highest BCUT2D eigenvalue weighted by atomic mass is 32.2. The van der Waals surface area contributed by atoms with E-state index in [0.717, 1.165) is 26.8 Å². The second-order valence-corrected chi connectivity index (χ2v) is 14.5. The third kappa shape index (κ3) is 4.50. The van der Waals surface area contributed by atoms with E-state index in [1.54, 1.807) is 39.6 Å². The van der Waals surface area contributed by atoms with E-state index >= 15 is 0 Å². The Morgan fingerprint density at radius 1 is 1.05 bits per heavy atom. The van der Waals surface area contributed by atoms with E-state index in [2.05, 4.69) is 18.8 Å². The minimum atomic E-state index is -0.964. The number of thiazole rings is 1. The minimum absolute atomic E-state index is 0.0237. The van der Waals surface area contributed by atoms with Gasteiger partial charge in [0.15, 0.2) is 11.5 Å². The molecule has 1 N–H and O–H groups in total. The van der Waals surface area contributed by atoms with Gasteiger partial charge in [-0.05, 0) is 68.6 Å². The van der Waals surface area contributed by atoms with Crippen molar-refractivity contribution in [2.24, 2.45) is 35.5 Å². The monoisotopic (exact) mass is 600 g/mol. The number of amides is 2. The lowest BCUT2D eigenvalue weighted by atomic mass is 9.68. The van der Waals surface area contributed by atoms with Gasteiger partial charge in [-0.15, -0.1) is 11.8 Å². The lowest BCUT2D eigenvalue weighted by molar-refractivity contribution is -0.161. The molecule has 220 valence electrons. The minimum Gasteiger partial charge on any atom is -0.493 e. The molecule has 2 aliphatic heterocycles. The molecule has 2 aromatic rings. The number of hydrogen-bond acceptors (Lipinski definition) is 9. The number of nitrogens with zero attached hydrogens (tertiary/aromatic N) is 1. The van der Waals surface area contributed by atoms with Gasteiger partial charge >= 0.3 is 10.8 Å². The van der Waals surface area contributed by atoms with E-state index < -0.39 is 23.8 Å². The summed E-state index contributed by atoms with van der Waals surface area (Å²) in [6.45, 7) is 9.80. The molecule has 6 rings (SSSR count). The summed E-state index contributed by atoms with van der Waals surface area (Å²) in [7, 11) is 1.62. The van der Waals surface area contributed by atoms with Crippen molar-refractivity contribution in [3.05, 3.63) is 38.3 Å². The van der Waals surface area contributed by atoms with E-state index in [4.69, 9.17) is 14.2 Å². The number of methoxy groups -OCH3 is 1. The van der Waals surface area contributed by atoms with Gasteiger partial charge in [0.1, 0.15) is 6.04 Å². The molecular formula is C30H36N2O7S2. The second-order valence-electron chi connectivity index (χ2n) is 12.3. The first kappa shape index (κ1) is 28.3. The van der Waals surface area contributed by atoms with Crippen LogP contribution in [0.5, 0.6) is 11.5 Å². The van der Waals surface area contributed by atoms with Crippen LogP contribution in [0.3, 0.4) is 0 Å². The average molecular weight is 601 g/mol. The molecule has 0 radical (unpaired) electrons. The third-order valence-electron chi connectivity index (χ3n) is 8.96. The predicted octanol–water partition coefficient (Wildman–Crippen LogP) is 4.29. The van der Waals surface area contributed by atoms with Crippen molar-refractivity contribution < 1.29 is 28.6 Å². The first-order chi connectivity index (χ1) is 19.5. The Hall–Kier alpha value is -2.79. The quantitative estimate of drug-likeness (QED) is 0.353. The predicted molar refractivity (Wildman–Crippen MR) is 154 cm³/mol. The number of esters is 1. The van der Waals surface area contributed by atoms with Crippen molar-refractivity contribution in [2.75, 3.05) is 13.7 Å². The van der Waals surface area contributed by atoms with E-state index in [0.29, 0.717) is 24.0 Å². The number of nitrogens with one attached hydrogen (secondary N) is 1. The maximum atomic E-state index is 13.9. The molecular weight excluding hydrogens is 564 g/mol. The lowest BCUT2D eigenvalue weighted by Gasteiger charge is -2.43. The number of H-pyrrole nitrogens is 1. The number of carbonyl (C=O) groups is 3. The molecule has 8 unspecified atom stereocenters. The highest BCUT2D eigenvalue weighted by Gasteiger charge is 2.70. The van der Waals surface area contributed by atoms with Gasteiger partial charge in [0.2, 0.25) is 11.8 Å². The third-order valence-corrected chi connectivity index (χ3v) is 11.5. The van der Waals surface area contributed by atoms with Crippen LogP contribution in [-0.4, -0.2) is 58.8 Å². The molecule has 11 heteroatoms. The van der Waals surface area contributed by atoms with Gasteiger partial charge in [-0.25, -0.2) is 4.79 Å². The molecule has 0 spiro atoms. The Morgan fingerprint density at radius 3 is 2.41 bits per heavy atom. The van der Waals surface area contributed by atoms with Gasteiger partial charge in [-0.3, -0.25) is 19.3 Å². The summed E-state index contributed by atoms with van der Waals surface area (Å²) < 4.78 is 17.1. The van der Waals surface area contributed by atoms with Crippen molar-refractivity contribution in [2.45, 2.75) is 69.4 Å². The van der Waals surface area contributed by atoms with Crippen LogP contribution in [0.15, 0.2) is 28.0 Å². The Balaban J connectivity index is 1.37. The largest absolute Gasteiger partial charge is 0.493 e. The molecule has 1 aromatic carbocycles. The number of fused-ring (bicyclic) bond motifs is 9. The SMILES string of the molecule is COc1cc(C2c3sc(=O)[nH]c3SC3C4CC(C5C(=O)N(C(C)C(=O)OC(C)C)C(=O)C45)C23)ccc1OCC(C)C. The van der Waals surface area contributed by atoms with Crippen molar-refractivity contribution in [3.8, 4) is 11.5 Å². The number of thioether (sulfide) groups is 1. The molecule has 41 heavy (non-hydrogen) atoms. The second kappa shape index (κ2) is 10.5. The summed E-state index contributed by atoms with van der Waals surface area (Å²) in [6.07, 6.45) is 0.435. The zero-order valence-corrected chi connectivity index (χ0v) is 25.7. The summed E-state index contributed by atoms with van der Waals surface area (Å²) in [4.78, 5) is 57.9. The molecule has 2 saturated carbocycles. The van der Waals surface area contributed by atoms with Crippen molar-refractivity contribution in [1.82, 2.24) is 9.88 Å². The number of likely N-dealkylation sites (tertiary alicyclic amines) is 1. The fourth-order valence-electron chi connectivity index (χ4n) is 7.48. The van der Waals surface area contributed by atoms with Gasteiger partial charge < -0.3 is 19.2 Å². The topological polar surface area (TPSA) is 115 Å². The standard InChI is InChI=1S/C30H36N2O7S2/c1-12(2)11-38-18-8-7-15(9-19(18)37-6)20-21-16-10-17(24(21)40-26-25(20)41-30(36)31-26)23-22(16)27(33)32(28(23)34)14(5)29(35)39-13(3)4/h7-9,12-14,16-17,20-24H,10-11H2,1-6H3,(H,31,36). The van der Waals surface area contributed by atoms with Gasteiger partial charge in [-0.1, -0.05) is 31.3 Å². The maximum Gasteiger partial charge on any atom is 0.329 e. The Bertz CT molecular complexity index is 1450. The number of ether oxygens (including phenoxy) is 3. The number of hydrogen-bond donors (Lipinski definition) is 1. The summed E-state index contributed by atoms with van der Waals surface area (Å²) in [6, 6.07) is 4.98. The zero-order valence-electron chi connectivity index (χ0n) is 24.0. The van der Waals surface area contributed by atoms with Crippen LogP contribution >= 0.6 is 23.1 Å². The van der Waals surface area contributed by atoms with Gasteiger partial charge in [0.25, 0.3) is 0 Å². The fourth-order valence-corrected chi connectivity index (χ4v) is 10.4. The number of aromatic amines is 1. The molecule has 3 fully saturated rings.